The minimum atomic E-state index is -0.126. The number of ether oxygens (including phenoxy) is 2. The van der Waals surface area contributed by atoms with Crippen molar-refractivity contribution >= 4 is 0 Å². The maximum absolute atomic E-state index is 6.41. The molecule has 3 nitrogen and oxygen atoms in total. The van der Waals surface area contributed by atoms with Crippen LogP contribution in [0.4, 0.5) is 0 Å². The van der Waals surface area contributed by atoms with Crippen molar-refractivity contribution in [1.29, 1.82) is 0 Å². The predicted molar refractivity (Wildman–Crippen MR) is 108 cm³/mol. The first-order valence-corrected chi connectivity index (χ1v) is 10.5. The Kier molecular flexibility index (Phi) is 5.92. The molecule has 0 spiro atoms. The van der Waals surface area contributed by atoms with Crippen LogP contribution in [0.15, 0.2) is 60.7 Å². The minimum absolute atomic E-state index is 0.126. The van der Waals surface area contributed by atoms with Crippen LogP contribution in [0.25, 0.3) is 0 Å². The molecule has 0 unspecified atom stereocenters. The Labute approximate surface area is 163 Å². The van der Waals surface area contributed by atoms with Crippen LogP contribution in [0.5, 0.6) is 0 Å². The summed E-state index contributed by atoms with van der Waals surface area (Å²) in [5, 5.41) is 0. The van der Waals surface area contributed by atoms with Gasteiger partial charge in [-0.1, -0.05) is 67.6 Å². The number of hydrogen-bond donors (Lipinski definition) is 0. The van der Waals surface area contributed by atoms with E-state index < -0.39 is 0 Å². The normalized spacial score (nSPS) is 26.0. The van der Waals surface area contributed by atoms with Gasteiger partial charge in [-0.15, -0.1) is 0 Å². The minimum Gasteiger partial charge on any atom is -0.349 e. The molecule has 3 heteroatoms. The summed E-state index contributed by atoms with van der Waals surface area (Å²) in [7, 11) is 0. The quantitative estimate of drug-likeness (QED) is 0.688. The molecule has 144 valence electrons. The van der Waals surface area contributed by atoms with Crippen molar-refractivity contribution in [3.05, 3.63) is 71.8 Å². The smallest absolute Gasteiger partial charge is 0.165 e. The average molecular weight is 367 g/mol. The van der Waals surface area contributed by atoms with Crippen LogP contribution < -0.4 is 0 Å². The number of piperidine rings is 1. The Morgan fingerprint density at radius 3 is 2.30 bits per heavy atom. The Bertz CT molecular complexity index is 697. The van der Waals surface area contributed by atoms with Gasteiger partial charge in [-0.2, -0.15) is 0 Å². The van der Waals surface area contributed by atoms with E-state index in [1.807, 2.05) is 0 Å². The van der Waals surface area contributed by atoms with Crippen molar-refractivity contribution in [3.8, 4) is 0 Å². The zero-order valence-electron chi connectivity index (χ0n) is 16.4. The zero-order valence-corrected chi connectivity index (χ0v) is 16.4. The molecule has 0 aliphatic carbocycles. The lowest BCUT2D eigenvalue weighted by Crippen LogP contribution is -2.54. The maximum atomic E-state index is 6.41. The van der Waals surface area contributed by atoms with Gasteiger partial charge in [-0.25, -0.2) is 0 Å². The summed E-state index contributed by atoms with van der Waals surface area (Å²) in [5.41, 5.74) is 2.72. The summed E-state index contributed by atoms with van der Waals surface area (Å²) in [6.45, 7) is 7.61. The molecule has 3 atom stereocenters. The first-order chi connectivity index (χ1) is 13.2. The summed E-state index contributed by atoms with van der Waals surface area (Å²) in [6.07, 6.45) is 4.08. The van der Waals surface area contributed by atoms with E-state index >= 15 is 0 Å². The van der Waals surface area contributed by atoms with Gasteiger partial charge in [0.25, 0.3) is 0 Å². The molecule has 0 radical (unpaired) electrons. The monoisotopic (exact) mass is 366 g/mol. The standard InChI is InChI=1S/C24H32NO2/c1-20(22-13-7-3-8-14-22)24-26-19-23(27-24)18-25(15-9-4-10-16-25)17-21-11-5-2-6-12-21/h2-3,5-8,11-14,20,23-24H,4,9-10,15-19H2,1H3/q+1/t20-,23+,24-/m0/s1. The molecule has 0 saturated carbocycles. The lowest BCUT2D eigenvalue weighted by Gasteiger charge is -2.43. The van der Waals surface area contributed by atoms with Gasteiger partial charge >= 0.3 is 0 Å². The van der Waals surface area contributed by atoms with Crippen LogP contribution in [-0.4, -0.2) is 43.1 Å². The first kappa shape index (κ1) is 18.7. The third kappa shape index (κ3) is 4.60. The Balaban J connectivity index is 1.41. The predicted octanol–water partition coefficient (Wildman–Crippen LogP) is 4.73. The van der Waals surface area contributed by atoms with Crippen LogP contribution in [0.1, 0.15) is 43.2 Å². The van der Waals surface area contributed by atoms with Gasteiger partial charge < -0.3 is 14.0 Å². The second-order valence-electron chi connectivity index (χ2n) is 8.33. The highest BCUT2D eigenvalue weighted by molar-refractivity contribution is 5.19. The van der Waals surface area contributed by atoms with E-state index in [4.69, 9.17) is 9.47 Å². The largest absolute Gasteiger partial charge is 0.349 e. The molecule has 2 aromatic rings. The highest BCUT2D eigenvalue weighted by Gasteiger charge is 2.39. The summed E-state index contributed by atoms with van der Waals surface area (Å²) < 4.78 is 13.6. The van der Waals surface area contributed by atoms with Crippen molar-refractivity contribution in [1.82, 2.24) is 0 Å². The SMILES string of the molecule is C[C@@H](c1ccccc1)[C@H]1OC[C@@H](C[N+]2(Cc3ccccc3)CCCCC2)O1. The molecular formula is C24H32NO2+. The van der Waals surface area contributed by atoms with Crippen molar-refractivity contribution < 1.29 is 14.0 Å². The van der Waals surface area contributed by atoms with Gasteiger partial charge in [-0.05, 0) is 24.8 Å². The Morgan fingerprint density at radius 1 is 0.926 bits per heavy atom. The second kappa shape index (κ2) is 8.55. The van der Waals surface area contributed by atoms with Crippen LogP contribution >= 0.6 is 0 Å². The summed E-state index contributed by atoms with van der Waals surface area (Å²) in [6, 6.07) is 21.5. The molecule has 0 amide bonds. The van der Waals surface area contributed by atoms with Gasteiger partial charge in [0.05, 0.1) is 19.7 Å². The number of nitrogens with zero attached hydrogens (tertiary/aromatic N) is 1. The Morgan fingerprint density at radius 2 is 1.59 bits per heavy atom. The maximum Gasteiger partial charge on any atom is 0.165 e. The van der Waals surface area contributed by atoms with Gasteiger partial charge in [0.2, 0.25) is 0 Å². The van der Waals surface area contributed by atoms with Crippen molar-refractivity contribution in [2.24, 2.45) is 0 Å². The number of likely N-dealkylation sites (tertiary alicyclic amines) is 1. The summed E-state index contributed by atoms with van der Waals surface area (Å²) in [5.74, 6) is 0.264. The van der Waals surface area contributed by atoms with Gasteiger partial charge in [0.1, 0.15) is 19.2 Å². The fraction of sp³-hybridized carbons (Fsp3) is 0.500. The third-order valence-corrected chi connectivity index (χ3v) is 6.22. The molecule has 0 N–H and O–H groups in total. The molecule has 0 bridgehead atoms. The molecule has 2 aliphatic heterocycles. The van der Waals surface area contributed by atoms with Gasteiger partial charge in [-0.3, -0.25) is 0 Å². The van der Waals surface area contributed by atoms with E-state index in [1.54, 1.807) is 0 Å². The van der Waals surface area contributed by atoms with E-state index in [-0.39, 0.29) is 18.3 Å². The lowest BCUT2D eigenvalue weighted by atomic mass is 10.0. The zero-order chi connectivity index (χ0) is 18.5. The fourth-order valence-corrected chi connectivity index (χ4v) is 4.73. The number of hydrogen-bond acceptors (Lipinski definition) is 2. The average Bonchev–Trinajstić information content (AvgIpc) is 3.17. The second-order valence-corrected chi connectivity index (χ2v) is 8.33. The van der Waals surface area contributed by atoms with Crippen molar-refractivity contribution in [2.75, 3.05) is 26.2 Å². The van der Waals surface area contributed by atoms with E-state index in [2.05, 4.69) is 67.6 Å². The molecule has 27 heavy (non-hydrogen) atoms. The fourth-order valence-electron chi connectivity index (χ4n) is 4.73. The number of quaternary nitrogens is 1. The molecule has 4 rings (SSSR count). The molecule has 2 saturated heterocycles. The van der Waals surface area contributed by atoms with E-state index in [9.17, 15) is 0 Å². The van der Waals surface area contributed by atoms with Crippen LogP contribution in [0.3, 0.4) is 0 Å². The van der Waals surface area contributed by atoms with Crippen LogP contribution in [0, 0.1) is 0 Å². The molecule has 2 aliphatic rings. The van der Waals surface area contributed by atoms with E-state index in [0.717, 1.165) is 24.2 Å². The molecule has 2 fully saturated rings. The summed E-state index contributed by atoms with van der Waals surface area (Å²) in [4.78, 5) is 0. The van der Waals surface area contributed by atoms with Crippen LogP contribution in [-0.2, 0) is 16.0 Å². The molecular weight excluding hydrogens is 334 g/mol. The topological polar surface area (TPSA) is 18.5 Å². The number of rotatable bonds is 6. The van der Waals surface area contributed by atoms with E-state index in [1.165, 1.54) is 43.5 Å². The van der Waals surface area contributed by atoms with E-state index in [0.29, 0.717) is 0 Å². The highest BCUT2D eigenvalue weighted by Crippen LogP contribution is 2.30. The van der Waals surface area contributed by atoms with Gasteiger partial charge in [0.15, 0.2) is 6.29 Å². The summed E-state index contributed by atoms with van der Waals surface area (Å²) >= 11 is 0. The Hall–Kier alpha value is -1.68. The van der Waals surface area contributed by atoms with Crippen molar-refractivity contribution in [3.63, 3.8) is 0 Å². The first-order valence-electron chi connectivity index (χ1n) is 10.5. The van der Waals surface area contributed by atoms with Crippen molar-refractivity contribution in [2.45, 2.75) is 51.0 Å². The van der Waals surface area contributed by atoms with Crippen LogP contribution in [0.2, 0.25) is 0 Å². The number of benzene rings is 2. The van der Waals surface area contributed by atoms with Gasteiger partial charge in [0, 0.05) is 11.5 Å². The third-order valence-electron chi connectivity index (χ3n) is 6.22. The molecule has 0 aromatic heterocycles. The molecule has 2 heterocycles. The molecule has 2 aromatic carbocycles. The lowest BCUT2D eigenvalue weighted by molar-refractivity contribution is -0.947. The highest BCUT2D eigenvalue weighted by atomic mass is 16.7.